The summed E-state index contributed by atoms with van der Waals surface area (Å²) in [6.07, 6.45) is 4.40. The van der Waals surface area contributed by atoms with Crippen molar-refractivity contribution in [3.63, 3.8) is 0 Å². The van der Waals surface area contributed by atoms with Gasteiger partial charge >= 0.3 is 5.97 Å². The van der Waals surface area contributed by atoms with Crippen LogP contribution in [0.15, 0.2) is 18.2 Å². The third kappa shape index (κ3) is 4.13. The van der Waals surface area contributed by atoms with E-state index in [0.717, 1.165) is 36.8 Å². The predicted octanol–water partition coefficient (Wildman–Crippen LogP) is 3.78. The first-order valence-corrected chi connectivity index (χ1v) is 10.2. The number of aromatic hydroxyl groups is 1. The Labute approximate surface area is 166 Å². The van der Waals surface area contributed by atoms with Crippen molar-refractivity contribution < 1.29 is 24.2 Å². The first-order valence-electron chi connectivity index (χ1n) is 10.2. The van der Waals surface area contributed by atoms with Crippen molar-refractivity contribution in [2.24, 2.45) is 23.2 Å². The van der Waals surface area contributed by atoms with E-state index < -0.39 is 5.97 Å². The molecule has 4 atom stereocenters. The third-order valence-corrected chi connectivity index (χ3v) is 6.97. The van der Waals surface area contributed by atoms with E-state index in [1.165, 1.54) is 6.92 Å². The molecular formula is C23H30O5. The molecule has 5 nitrogen and oxygen atoms in total. The van der Waals surface area contributed by atoms with Gasteiger partial charge < -0.3 is 9.84 Å². The second-order valence-electron chi connectivity index (χ2n) is 8.82. The molecule has 28 heavy (non-hydrogen) atoms. The second kappa shape index (κ2) is 8.06. The maximum absolute atomic E-state index is 12.7. The van der Waals surface area contributed by atoms with Crippen molar-refractivity contribution in [3.05, 3.63) is 29.3 Å². The third-order valence-electron chi connectivity index (χ3n) is 6.97. The topological polar surface area (TPSA) is 80.7 Å². The van der Waals surface area contributed by atoms with Crippen LogP contribution in [-0.4, -0.2) is 29.2 Å². The number of phenols is 1. The first kappa shape index (κ1) is 20.6. The summed E-state index contributed by atoms with van der Waals surface area (Å²) in [5.74, 6) is 0.343. The van der Waals surface area contributed by atoms with Crippen LogP contribution in [0, 0.1) is 30.1 Å². The van der Waals surface area contributed by atoms with Gasteiger partial charge in [-0.2, -0.15) is 0 Å². The lowest BCUT2D eigenvalue weighted by molar-refractivity contribution is -0.149. The van der Waals surface area contributed by atoms with E-state index in [9.17, 15) is 19.5 Å². The van der Waals surface area contributed by atoms with Gasteiger partial charge in [0.15, 0.2) is 5.78 Å². The largest absolute Gasteiger partial charge is 0.508 e. The summed E-state index contributed by atoms with van der Waals surface area (Å²) in [7, 11) is 0. The fourth-order valence-corrected chi connectivity index (χ4v) is 5.60. The Balaban J connectivity index is 1.73. The summed E-state index contributed by atoms with van der Waals surface area (Å²) in [5, 5.41) is 9.77. The average molecular weight is 386 g/mol. The van der Waals surface area contributed by atoms with E-state index in [1.54, 1.807) is 12.1 Å². The van der Waals surface area contributed by atoms with Gasteiger partial charge in [-0.1, -0.05) is 13.0 Å². The molecule has 0 bridgehead atoms. The van der Waals surface area contributed by atoms with Crippen molar-refractivity contribution in [2.45, 2.75) is 59.3 Å². The van der Waals surface area contributed by atoms with Crippen molar-refractivity contribution in [1.29, 1.82) is 0 Å². The number of ether oxygens (including phenoxy) is 1. The molecule has 0 saturated heterocycles. The van der Waals surface area contributed by atoms with E-state index >= 15 is 0 Å². The lowest BCUT2D eigenvalue weighted by Crippen LogP contribution is -2.44. The number of ketones is 2. The van der Waals surface area contributed by atoms with Crippen LogP contribution in [0.2, 0.25) is 0 Å². The highest BCUT2D eigenvalue weighted by atomic mass is 16.5. The fourth-order valence-electron chi connectivity index (χ4n) is 5.60. The maximum atomic E-state index is 12.7. The van der Waals surface area contributed by atoms with Crippen LogP contribution in [0.25, 0.3) is 0 Å². The van der Waals surface area contributed by atoms with Crippen molar-refractivity contribution in [2.75, 3.05) is 6.61 Å². The van der Waals surface area contributed by atoms with Gasteiger partial charge in [0.2, 0.25) is 0 Å². The highest BCUT2D eigenvalue weighted by Crippen LogP contribution is 2.57. The van der Waals surface area contributed by atoms with E-state index in [0.29, 0.717) is 18.8 Å². The Morgan fingerprint density at radius 3 is 2.75 bits per heavy atom. The number of carbonyl (C=O) groups is 3. The van der Waals surface area contributed by atoms with Crippen molar-refractivity contribution in [3.8, 4) is 5.75 Å². The van der Waals surface area contributed by atoms with E-state index in [4.69, 9.17) is 4.74 Å². The summed E-state index contributed by atoms with van der Waals surface area (Å²) in [5.41, 5.74) is 1.91. The molecule has 2 saturated carbocycles. The number of Topliss-reactive ketones (excluding diaryl/α,β-unsaturated/α-hetero) is 2. The molecule has 1 N–H and O–H groups in total. The van der Waals surface area contributed by atoms with Crippen LogP contribution in [0.3, 0.4) is 0 Å². The van der Waals surface area contributed by atoms with Gasteiger partial charge in [-0.15, -0.1) is 0 Å². The van der Waals surface area contributed by atoms with Gasteiger partial charge in [0.1, 0.15) is 18.1 Å². The quantitative estimate of drug-likeness (QED) is 0.753. The van der Waals surface area contributed by atoms with Gasteiger partial charge in [-0.25, -0.2) is 0 Å². The smallest absolute Gasteiger partial charge is 0.303 e. The number of carbonyl (C=O) groups excluding carboxylic acids is 3. The van der Waals surface area contributed by atoms with Crippen LogP contribution in [0.1, 0.15) is 57.1 Å². The van der Waals surface area contributed by atoms with Gasteiger partial charge in [0, 0.05) is 25.7 Å². The van der Waals surface area contributed by atoms with E-state index in [2.05, 4.69) is 6.92 Å². The minimum absolute atomic E-state index is 0.0579. The van der Waals surface area contributed by atoms with E-state index in [-0.39, 0.29) is 41.2 Å². The summed E-state index contributed by atoms with van der Waals surface area (Å²) < 4.78 is 4.93. The standard InChI is InChI=1S/C23H30O5/c1-14-4-7-18(25)10-16(14)5-6-17-11-19(26)12-23(3)20(17)8-9-21(23)22(27)13-28-15(2)24/h4,7,10,17,20-21,25H,5-6,8-9,11-13H2,1-3H3. The van der Waals surface area contributed by atoms with Gasteiger partial charge in [0.05, 0.1) is 0 Å². The van der Waals surface area contributed by atoms with Crippen molar-refractivity contribution in [1.82, 2.24) is 0 Å². The Morgan fingerprint density at radius 2 is 2.04 bits per heavy atom. The zero-order chi connectivity index (χ0) is 20.5. The molecule has 0 aromatic heterocycles. The average Bonchev–Trinajstić information content (AvgIpc) is 2.96. The van der Waals surface area contributed by atoms with Gasteiger partial charge in [-0.3, -0.25) is 14.4 Å². The Morgan fingerprint density at radius 1 is 1.29 bits per heavy atom. The van der Waals surface area contributed by atoms with E-state index in [1.807, 2.05) is 13.0 Å². The van der Waals surface area contributed by atoms with Crippen LogP contribution in [-0.2, 0) is 25.5 Å². The zero-order valence-corrected chi connectivity index (χ0v) is 17.0. The Kier molecular flexibility index (Phi) is 5.92. The molecule has 3 rings (SSSR count). The molecule has 1 aromatic rings. The van der Waals surface area contributed by atoms with Crippen LogP contribution in [0.5, 0.6) is 5.75 Å². The fraction of sp³-hybridized carbons (Fsp3) is 0.609. The molecule has 1 aromatic carbocycles. The predicted molar refractivity (Wildman–Crippen MR) is 105 cm³/mol. The molecule has 0 heterocycles. The summed E-state index contributed by atoms with van der Waals surface area (Å²) >= 11 is 0. The number of benzene rings is 1. The van der Waals surface area contributed by atoms with Crippen molar-refractivity contribution >= 4 is 17.5 Å². The molecule has 2 aliphatic rings. The number of hydrogen-bond acceptors (Lipinski definition) is 5. The number of rotatable bonds is 6. The van der Waals surface area contributed by atoms with Crippen LogP contribution < -0.4 is 0 Å². The Hall–Kier alpha value is -2.17. The lowest BCUT2D eigenvalue weighted by Gasteiger charge is -2.44. The monoisotopic (exact) mass is 386 g/mol. The number of hydrogen-bond donors (Lipinski definition) is 1. The van der Waals surface area contributed by atoms with Gasteiger partial charge in [-0.05, 0) is 73.1 Å². The molecule has 0 aliphatic heterocycles. The summed E-state index contributed by atoms with van der Waals surface area (Å²) in [6, 6.07) is 5.41. The summed E-state index contributed by atoms with van der Waals surface area (Å²) in [4.78, 5) is 36.3. The minimum atomic E-state index is -0.452. The molecule has 2 aliphatic carbocycles. The molecular weight excluding hydrogens is 356 g/mol. The zero-order valence-electron chi connectivity index (χ0n) is 17.0. The number of phenolic OH excluding ortho intramolecular Hbond substituents is 1. The SMILES string of the molecule is CC(=O)OCC(=O)C1CCC2C(CCc3cc(O)ccc3C)CC(=O)CC12C. The Bertz CT molecular complexity index is 783. The molecule has 4 unspecified atom stereocenters. The molecule has 2 fully saturated rings. The normalized spacial score (nSPS) is 29.4. The maximum Gasteiger partial charge on any atom is 0.303 e. The lowest BCUT2D eigenvalue weighted by atomic mass is 9.59. The summed E-state index contributed by atoms with van der Waals surface area (Å²) in [6.45, 7) is 5.22. The highest BCUT2D eigenvalue weighted by Gasteiger charge is 2.55. The minimum Gasteiger partial charge on any atom is -0.508 e. The second-order valence-corrected chi connectivity index (χ2v) is 8.82. The number of aryl methyl sites for hydroxylation is 2. The molecule has 0 amide bonds. The number of esters is 1. The van der Waals surface area contributed by atoms with Crippen LogP contribution >= 0.6 is 0 Å². The molecule has 5 heteroatoms. The number of fused-ring (bicyclic) bond motifs is 1. The molecule has 0 spiro atoms. The van der Waals surface area contributed by atoms with Crippen LogP contribution in [0.4, 0.5) is 0 Å². The molecule has 152 valence electrons. The van der Waals surface area contributed by atoms with Gasteiger partial charge in [0.25, 0.3) is 0 Å². The molecule has 0 radical (unpaired) electrons. The highest BCUT2D eigenvalue weighted by molar-refractivity contribution is 5.87. The first-order chi connectivity index (χ1) is 13.2.